The van der Waals surface area contributed by atoms with E-state index >= 15 is 0 Å². The lowest BCUT2D eigenvalue weighted by Crippen LogP contribution is -2.67. The van der Waals surface area contributed by atoms with Crippen molar-refractivity contribution < 1.29 is 8.42 Å². The molecule has 0 saturated carbocycles. The van der Waals surface area contributed by atoms with Crippen molar-refractivity contribution in [1.82, 2.24) is 4.31 Å². The van der Waals surface area contributed by atoms with E-state index in [4.69, 9.17) is 5.73 Å². The summed E-state index contributed by atoms with van der Waals surface area (Å²) in [5.74, 6) is 0.160. The standard InChI is InChI=1S/C12H18N2O2S/c1-12(13)9-14(10-12)17(15,16)8-7-11-5-3-2-4-6-11/h2-6H,7-10,13H2,1H3. The number of hydrogen-bond donors (Lipinski definition) is 1. The Bertz CT molecular complexity index is 474. The van der Waals surface area contributed by atoms with Crippen molar-refractivity contribution in [2.75, 3.05) is 18.8 Å². The van der Waals surface area contributed by atoms with Crippen LogP contribution >= 0.6 is 0 Å². The Hall–Kier alpha value is -0.910. The highest BCUT2D eigenvalue weighted by molar-refractivity contribution is 7.89. The molecular formula is C12H18N2O2S. The first-order valence-corrected chi connectivity index (χ1v) is 7.31. The van der Waals surface area contributed by atoms with E-state index < -0.39 is 10.0 Å². The third kappa shape index (κ3) is 3.06. The summed E-state index contributed by atoms with van der Waals surface area (Å²) in [5.41, 5.74) is 6.51. The van der Waals surface area contributed by atoms with Crippen molar-refractivity contribution in [1.29, 1.82) is 0 Å². The molecule has 0 aliphatic carbocycles. The van der Waals surface area contributed by atoms with Crippen molar-refractivity contribution in [3.8, 4) is 0 Å². The minimum absolute atomic E-state index is 0.160. The topological polar surface area (TPSA) is 63.4 Å². The van der Waals surface area contributed by atoms with Gasteiger partial charge in [-0.15, -0.1) is 0 Å². The van der Waals surface area contributed by atoms with Gasteiger partial charge in [-0.1, -0.05) is 30.3 Å². The van der Waals surface area contributed by atoms with Gasteiger partial charge < -0.3 is 5.73 Å². The quantitative estimate of drug-likeness (QED) is 0.855. The smallest absolute Gasteiger partial charge is 0.214 e. The first-order valence-electron chi connectivity index (χ1n) is 5.70. The minimum atomic E-state index is -3.14. The maximum Gasteiger partial charge on any atom is 0.214 e. The van der Waals surface area contributed by atoms with E-state index in [0.717, 1.165) is 5.56 Å². The van der Waals surface area contributed by atoms with Crippen LogP contribution in [0.25, 0.3) is 0 Å². The van der Waals surface area contributed by atoms with Gasteiger partial charge in [-0.05, 0) is 18.9 Å². The maximum absolute atomic E-state index is 11.9. The Morgan fingerprint density at radius 3 is 2.41 bits per heavy atom. The summed E-state index contributed by atoms with van der Waals surface area (Å²) in [6.45, 7) is 2.74. The van der Waals surface area contributed by atoms with Crippen molar-refractivity contribution in [2.45, 2.75) is 18.9 Å². The molecule has 1 saturated heterocycles. The second kappa shape index (κ2) is 4.40. The van der Waals surface area contributed by atoms with Crippen molar-refractivity contribution in [2.24, 2.45) is 5.73 Å². The minimum Gasteiger partial charge on any atom is -0.323 e. The number of nitrogens with two attached hydrogens (primary N) is 1. The molecule has 2 N–H and O–H groups in total. The van der Waals surface area contributed by atoms with Gasteiger partial charge >= 0.3 is 0 Å². The highest BCUT2D eigenvalue weighted by Crippen LogP contribution is 2.21. The Kier molecular flexibility index (Phi) is 3.25. The molecule has 1 aliphatic heterocycles. The van der Waals surface area contributed by atoms with Crippen LogP contribution in [0.4, 0.5) is 0 Å². The largest absolute Gasteiger partial charge is 0.323 e. The lowest BCUT2D eigenvalue weighted by Gasteiger charge is -2.44. The van der Waals surface area contributed by atoms with Crippen LogP contribution in [0, 0.1) is 0 Å². The van der Waals surface area contributed by atoms with Gasteiger partial charge in [-0.25, -0.2) is 8.42 Å². The summed E-state index contributed by atoms with van der Waals surface area (Å²) in [6, 6.07) is 9.65. The predicted molar refractivity (Wildman–Crippen MR) is 68.1 cm³/mol. The number of aryl methyl sites for hydroxylation is 1. The fourth-order valence-corrected chi connectivity index (χ4v) is 3.71. The van der Waals surface area contributed by atoms with Crippen LogP contribution in [0.15, 0.2) is 30.3 Å². The summed E-state index contributed by atoms with van der Waals surface area (Å²) >= 11 is 0. The molecule has 0 spiro atoms. The van der Waals surface area contributed by atoms with E-state index in [1.807, 2.05) is 37.3 Å². The van der Waals surface area contributed by atoms with Crippen molar-refractivity contribution in [3.05, 3.63) is 35.9 Å². The second-order valence-corrected chi connectivity index (χ2v) is 7.06. The summed E-state index contributed by atoms with van der Waals surface area (Å²) < 4.78 is 25.4. The number of nitrogens with zero attached hydrogens (tertiary/aromatic N) is 1. The maximum atomic E-state index is 11.9. The van der Waals surface area contributed by atoms with Gasteiger partial charge in [0, 0.05) is 18.6 Å². The number of rotatable bonds is 4. The van der Waals surface area contributed by atoms with Crippen LogP contribution in [0.1, 0.15) is 12.5 Å². The van der Waals surface area contributed by atoms with Crippen molar-refractivity contribution >= 4 is 10.0 Å². The van der Waals surface area contributed by atoms with Crippen LogP contribution in [0.5, 0.6) is 0 Å². The lowest BCUT2D eigenvalue weighted by atomic mass is 9.97. The molecule has 1 aromatic rings. The average molecular weight is 254 g/mol. The second-order valence-electron chi connectivity index (χ2n) is 4.97. The number of sulfonamides is 1. The summed E-state index contributed by atoms with van der Waals surface area (Å²) in [4.78, 5) is 0. The molecule has 94 valence electrons. The zero-order valence-corrected chi connectivity index (χ0v) is 10.8. The third-order valence-electron chi connectivity index (χ3n) is 2.96. The van der Waals surface area contributed by atoms with E-state index in [0.29, 0.717) is 19.5 Å². The molecule has 1 heterocycles. The number of hydrogen-bond acceptors (Lipinski definition) is 3. The molecule has 0 radical (unpaired) electrons. The van der Waals surface area contributed by atoms with Crippen LogP contribution in [0.3, 0.4) is 0 Å². The van der Waals surface area contributed by atoms with E-state index in [-0.39, 0.29) is 11.3 Å². The molecule has 4 nitrogen and oxygen atoms in total. The highest BCUT2D eigenvalue weighted by atomic mass is 32.2. The summed E-state index contributed by atoms with van der Waals surface area (Å²) in [6.07, 6.45) is 0.557. The fraction of sp³-hybridized carbons (Fsp3) is 0.500. The Labute approximate surface area is 102 Å². The Morgan fingerprint density at radius 2 is 1.88 bits per heavy atom. The third-order valence-corrected chi connectivity index (χ3v) is 4.73. The van der Waals surface area contributed by atoms with E-state index in [9.17, 15) is 8.42 Å². The fourth-order valence-electron chi connectivity index (χ4n) is 1.98. The molecule has 0 aromatic heterocycles. The zero-order valence-electron chi connectivity index (χ0n) is 9.96. The van der Waals surface area contributed by atoms with E-state index in [2.05, 4.69) is 0 Å². The molecular weight excluding hydrogens is 236 g/mol. The van der Waals surface area contributed by atoms with Gasteiger partial charge in [0.15, 0.2) is 0 Å². The molecule has 0 atom stereocenters. The molecule has 2 rings (SSSR count). The molecule has 0 bridgehead atoms. The van der Waals surface area contributed by atoms with Crippen molar-refractivity contribution in [3.63, 3.8) is 0 Å². The molecule has 1 fully saturated rings. The van der Waals surface area contributed by atoms with Gasteiger partial charge in [0.25, 0.3) is 0 Å². The predicted octanol–water partition coefficient (Wildman–Crippen LogP) is 0.592. The van der Waals surface area contributed by atoms with Crippen LogP contribution < -0.4 is 5.73 Å². The van der Waals surface area contributed by atoms with Gasteiger partial charge in [-0.3, -0.25) is 0 Å². The van der Waals surface area contributed by atoms with Gasteiger partial charge in [-0.2, -0.15) is 4.31 Å². The average Bonchev–Trinajstić information content (AvgIpc) is 2.25. The first-order chi connectivity index (χ1) is 7.89. The monoisotopic (exact) mass is 254 g/mol. The van der Waals surface area contributed by atoms with E-state index in [1.54, 1.807) is 0 Å². The molecule has 5 heteroatoms. The Morgan fingerprint density at radius 1 is 1.29 bits per heavy atom. The van der Waals surface area contributed by atoms with Gasteiger partial charge in [0.2, 0.25) is 10.0 Å². The molecule has 1 aliphatic rings. The zero-order chi connectivity index (χ0) is 12.5. The lowest BCUT2D eigenvalue weighted by molar-refractivity contribution is 0.176. The normalized spacial score (nSPS) is 19.9. The SMILES string of the molecule is CC1(N)CN(S(=O)(=O)CCc2ccccc2)C1. The molecule has 1 aromatic carbocycles. The highest BCUT2D eigenvalue weighted by Gasteiger charge is 2.41. The van der Waals surface area contributed by atoms with Gasteiger partial charge in [0.1, 0.15) is 0 Å². The molecule has 0 amide bonds. The number of benzene rings is 1. The first kappa shape index (κ1) is 12.5. The van der Waals surface area contributed by atoms with Crippen LogP contribution in [0.2, 0.25) is 0 Å². The summed E-state index contributed by atoms with van der Waals surface area (Å²) in [5, 5.41) is 0. The van der Waals surface area contributed by atoms with E-state index in [1.165, 1.54) is 4.31 Å². The van der Waals surface area contributed by atoms with Crippen LogP contribution in [-0.4, -0.2) is 37.1 Å². The Balaban J connectivity index is 1.91. The van der Waals surface area contributed by atoms with Gasteiger partial charge in [0.05, 0.1) is 5.75 Å². The molecule has 0 unspecified atom stereocenters. The summed E-state index contributed by atoms with van der Waals surface area (Å²) in [7, 11) is -3.14. The molecule has 17 heavy (non-hydrogen) atoms. The van der Waals surface area contributed by atoms with Crippen LogP contribution in [-0.2, 0) is 16.4 Å².